The van der Waals surface area contributed by atoms with Crippen molar-refractivity contribution >= 4 is 41.5 Å². The van der Waals surface area contributed by atoms with Crippen LogP contribution in [0.5, 0.6) is 0 Å². The minimum absolute atomic E-state index is 0. The summed E-state index contributed by atoms with van der Waals surface area (Å²) in [5.74, 6) is -1.86. The Kier molecular flexibility index (Phi) is 7.09. The Morgan fingerprint density at radius 3 is 2.74 bits per heavy atom. The normalized spacial score (nSPS) is 16.3. The minimum Gasteiger partial charge on any atom is -0.371 e. The number of aromatic nitrogens is 1. The molecule has 144 valence electrons. The fraction of sp³-hybridized carbons (Fsp3) is 0.235. The first-order valence-electron chi connectivity index (χ1n) is 7.84. The van der Waals surface area contributed by atoms with Crippen molar-refractivity contribution in [2.75, 3.05) is 25.0 Å². The molecule has 2 heterocycles. The van der Waals surface area contributed by atoms with E-state index >= 15 is 0 Å². The van der Waals surface area contributed by atoms with Crippen molar-refractivity contribution < 1.29 is 18.7 Å². The molecule has 1 fully saturated rings. The van der Waals surface area contributed by atoms with Gasteiger partial charge in [-0.05, 0) is 24.3 Å². The lowest BCUT2D eigenvalue weighted by Gasteiger charge is -2.24. The summed E-state index contributed by atoms with van der Waals surface area (Å²) in [4.78, 5) is 27.3. The maximum Gasteiger partial charge on any atom is 0.267 e. The molecule has 1 atom stereocenters. The van der Waals surface area contributed by atoms with E-state index in [9.17, 15) is 14.0 Å². The van der Waals surface area contributed by atoms with Crippen molar-refractivity contribution in [3.63, 3.8) is 0 Å². The summed E-state index contributed by atoms with van der Waals surface area (Å²) in [7, 11) is 0. The molecule has 1 saturated heterocycles. The van der Waals surface area contributed by atoms with Crippen LogP contribution in [0.15, 0.2) is 30.3 Å². The fourth-order valence-electron chi connectivity index (χ4n) is 2.59. The molecule has 2 aromatic rings. The van der Waals surface area contributed by atoms with E-state index in [4.69, 9.17) is 22.1 Å². The first-order valence-corrected chi connectivity index (χ1v) is 8.22. The number of pyridine rings is 1. The number of carbonyl (C=O) groups is 2. The summed E-state index contributed by atoms with van der Waals surface area (Å²) in [6.45, 7) is 1.76. The number of nitrogens with zero attached hydrogens (tertiary/aromatic N) is 1. The van der Waals surface area contributed by atoms with Gasteiger partial charge >= 0.3 is 0 Å². The van der Waals surface area contributed by atoms with Gasteiger partial charge in [0.2, 0.25) is 0 Å². The highest BCUT2D eigenvalue weighted by Gasteiger charge is 2.20. The minimum atomic E-state index is -0.807. The van der Waals surface area contributed by atoms with Gasteiger partial charge < -0.3 is 21.1 Å². The molecule has 27 heavy (non-hydrogen) atoms. The van der Waals surface area contributed by atoms with E-state index in [2.05, 4.69) is 15.6 Å². The molecular formula is C17H17Cl2FN4O3. The first kappa shape index (κ1) is 21.0. The SMILES string of the molecule is Cl.NC(=O)c1cc(C(=O)Nc2ccc(C3CNCCO3)c(F)c2)cc(Cl)n1. The molecule has 7 nitrogen and oxygen atoms in total. The van der Waals surface area contributed by atoms with Crippen LogP contribution in [0.3, 0.4) is 0 Å². The van der Waals surface area contributed by atoms with Crippen LogP contribution in [-0.4, -0.2) is 36.5 Å². The number of benzene rings is 1. The molecule has 10 heteroatoms. The zero-order valence-corrected chi connectivity index (χ0v) is 15.6. The number of halogens is 3. The molecule has 2 amide bonds. The molecule has 0 bridgehead atoms. The van der Waals surface area contributed by atoms with Gasteiger partial charge in [0.15, 0.2) is 0 Å². The Morgan fingerprint density at radius 2 is 2.11 bits per heavy atom. The van der Waals surface area contributed by atoms with Crippen LogP contribution in [0, 0.1) is 5.82 Å². The van der Waals surface area contributed by atoms with Crippen molar-refractivity contribution in [1.82, 2.24) is 10.3 Å². The number of nitrogens with two attached hydrogens (primary N) is 1. The number of nitrogens with one attached hydrogen (secondary N) is 2. The number of hydrogen-bond donors (Lipinski definition) is 3. The van der Waals surface area contributed by atoms with Gasteiger partial charge in [0, 0.05) is 29.9 Å². The van der Waals surface area contributed by atoms with Gasteiger partial charge in [-0.25, -0.2) is 9.37 Å². The third kappa shape index (κ3) is 5.14. The fourth-order valence-corrected chi connectivity index (χ4v) is 2.80. The maximum atomic E-state index is 14.4. The van der Waals surface area contributed by atoms with Crippen LogP contribution in [0.25, 0.3) is 0 Å². The smallest absolute Gasteiger partial charge is 0.267 e. The van der Waals surface area contributed by atoms with Gasteiger partial charge in [-0.2, -0.15) is 0 Å². The van der Waals surface area contributed by atoms with E-state index in [1.165, 1.54) is 18.2 Å². The third-order valence-corrected chi connectivity index (χ3v) is 4.04. The second-order valence-corrected chi connectivity index (χ2v) is 6.07. The van der Waals surface area contributed by atoms with Gasteiger partial charge in [-0.3, -0.25) is 9.59 Å². The van der Waals surface area contributed by atoms with Crippen LogP contribution >= 0.6 is 24.0 Å². The molecule has 1 aromatic carbocycles. The van der Waals surface area contributed by atoms with Gasteiger partial charge in [0.1, 0.15) is 16.7 Å². The highest BCUT2D eigenvalue weighted by molar-refractivity contribution is 6.30. The topological polar surface area (TPSA) is 106 Å². The molecule has 1 unspecified atom stereocenters. The summed E-state index contributed by atoms with van der Waals surface area (Å²) >= 11 is 5.79. The molecule has 3 rings (SSSR count). The largest absolute Gasteiger partial charge is 0.371 e. The molecule has 1 aliphatic rings. The average Bonchev–Trinajstić information content (AvgIpc) is 2.62. The Balaban J connectivity index is 0.00000261. The van der Waals surface area contributed by atoms with Crippen molar-refractivity contribution in [1.29, 1.82) is 0 Å². The lowest BCUT2D eigenvalue weighted by molar-refractivity contribution is 0.0255. The van der Waals surface area contributed by atoms with Crippen LogP contribution < -0.4 is 16.4 Å². The first-order chi connectivity index (χ1) is 12.4. The number of rotatable bonds is 4. The Hall–Kier alpha value is -2.26. The van der Waals surface area contributed by atoms with Crippen molar-refractivity contribution in [2.24, 2.45) is 5.73 Å². The van der Waals surface area contributed by atoms with Gasteiger partial charge in [0.05, 0.1) is 12.7 Å². The molecule has 0 aliphatic carbocycles. The van der Waals surface area contributed by atoms with Gasteiger partial charge in [-0.15, -0.1) is 12.4 Å². The molecular weight excluding hydrogens is 398 g/mol. The summed E-state index contributed by atoms with van der Waals surface area (Å²) in [5, 5.41) is 5.63. The summed E-state index contributed by atoms with van der Waals surface area (Å²) in [6.07, 6.45) is -0.370. The van der Waals surface area contributed by atoms with E-state index in [1.807, 2.05) is 0 Å². The lowest BCUT2D eigenvalue weighted by atomic mass is 10.1. The zero-order chi connectivity index (χ0) is 18.7. The van der Waals surface area contributed by atoms with Crippen molar-refractivity contribution in [2.45, 2.75) is 6.10 Å². The average molecular weight is 415 g/mol. The predicted octanol–water partition coefficient (Wildman–Crippen LogP) is 2.31. The standard InChI is InChI=1S/C17H16ClFN4O3.ClH/c18-15-6-9(5-13(23-15)16(20)24)17(25)22-10-1-2-11(12(19)7-10)14-8-21-3-4-26-14;/h1-2,5-7,14,21H,3-4,8H2,(H2,20,24)(H,22,25);1H. The van der Waals surface area contributed by atoms with E-state index in [0.29, 0.717) is 18.7 Å². The number of carbonyl (C=O) groups excluding carboxylic acids is 2. The van der Waals surface area contributed by atoms with Crippen molar-refractivity contribution in [3.05, 3.63) is 58.1 Å². The van der Waals surface area contributed by atoms with E-state index in [-0.39, 0.29) is 40.6 Å². The van der Waals surface area contributed by atoms with E-state index in [1.54, 1.807) is 12.1 Å². The van der Waals surface area contributed by atoms with Crippen LogP contribution in [0.1, 0.15) is 32.5 Å². The van der Waals surface area contributed by atoms with Crippen LogP contribution in [0.2, 0.25) is 5.15 Å². The summed E-state index contributed by atoms with van der Waals surface area (Å²) < 4.78 is 19.9. The number of ether oxygens (including phenoxy) is 1. The highest BCUT2D eigenvalue weighted by Crippen LogP contribution is 2.24. The molecule has 4 N–H and O–H groups in total. The molecule has 0 spiro atoms. The second kappa shape index (κ2) is 9.09. The van der Waals surface area contributed by atoms with E-state index in [0.717, 1.165) is 6.54 Å². The zero-order valence-electron chi connectivity index (χ0n) is 14.0. The van der Waals surface area contributed by atoms with Crippen LogP contribution in [-0.2, 0) is 4.74 Å². The Morgan fingerprint density at radius 1 is 1.33 bits per heavy atom. The van der Waals surface area contributed by atoms with Crippen molar-refractivity contribution in [3.8, 4) is 0 Å². The predicted molar refractivity (Wildman–Crippen MR) is 101 cm³/mol. The van der Waals surface area contributed by atoms with Gasteiger partial charge in [0.25, 0.3) is 11.8 Å². The second-order valence-electron chi connectivity index (χ2n) is 5.68. The number of hydrogen-bond acceptors (Lipinski definition) is 5. The number of amides is 2. The number of morpholine rings is 1. The monoisotopic (exact) mass is 414 g/mol. The summed E-state index contributed by atoms with van der Waals surface area (Å²) in [6, 6.07) is 6.86. The summed E-state index contributed by atoms with van der Waals surface area (Å²) in [5.41, 5.74) is 5.78. The lowest BCUT2D eigenvalue weighted by Crippen LogP contribution is -2.33. The Bertz CT molecular complexity index is 860. The van der Waals surface area contributed by atoms with Gasteiger partial charge in [-0.1, -0.05) is 17.7 Å². The maximum absolute atomic E-state index is 14.4. The Labute approximate surface area is 165 Å². The van der Waals surface area contributed by atoms with Crippen LogP contribution in [0.4, 0.5) is 10.1 Å². The molecule has 1 aromatic heterocycles. The highest BCUT2D eigenvalue weighted by atomic mass is 35.5. The molecule has 0 radical (unpaired) electrons. The van der Waals surface area contributed by atoms with E-state index < -0.39 is 17.6 Å². The number of anilines is 1. The number of primary amides is 1. The molecule has 0 saturated carbocycles. The third-order valence-electron chi connectivity index (χ3n) is 3.84. The molecule has 1 aliphatic heterocycles. The quantitative estimate of drug-likeness (QED) is 0.665.